The Morgan fingerprint density at radius 3 is 2.42 bits per heavy atom. The number of hydrogen-bond donors (Lipinski definition) is 1. The molecular formula is C27H27F3N2O3S. The predicted octanol–water partition coefficient (Wildman–Crippen LogP) is 5.78. The molecule has 3 aromatic rings. The van der Waals surface area contributed by atoms with E-state index in [1.54, 1.807) is 14.2 Å². The summed E-state index contributed by atoms with van der Waals surface area (Å²) < 4.78 is 56.5. The van der Waals surface area contributed by atoms with Crippen molar-refractivity contribution in [3.05, 3.63) is 89.0 Å². The molecule has 0 saturated heterocycles. The molecule has 0 saturated carbocycles. The summed E-state index contributed by atoms with van der Waals surface area (Å²) in [6.07, 6.45) is -3.74. The molecule has 0 amide bonds. The summed E-state index contributed by atoms with van der Waals surface area (Å²) in [4.78, 5) is 2.01. The van der Waals surface area contributed by atoms with Crippen LogP contribution in [0.15, 0.2) is 66.7 Å². The van der Waals surface area contributed by atoms with Crippen LogP contribution in [0, 0.1) is 0 Å². The van der Waals surface area contributed by atoms with Crippen molar-refractivity contribution in [2.24, 2.45) is 0 Å². The van der Waals surface area contributed by atoms with E-state index in [1.165, 1.54) is 12.1 Å². The molecule has 0 spiro atoms. The molecule has 1 N–H and O–H groups in total. The minimum Gasteiger partial charge on any atom is -0.493 e. The number of methoxy groups -OCH3 is 2. The van der Waals surface area contributed by atoms with E-state index in [9.17, 15) is 13.2 Å². The SMILES string of the molecule is COc1cc2c(cc1OC)C(COc1cccc(C(F)(F)F)c1)N(C(=S)NCc1ccccc1)CC2. The molecule has 1 aliphatic rings. The minimum absolute atomic E-state index is 0.0942. The first-order valence-corrected chi connectivity index (χ1v) is 11.8. The summed E-state index contributed by atoms with van der Waals surface area (Å²) in [5, 5.41) is 3.84. The second-order valence-electron chi connectivity index (χ2n) is 8.35. The van der Waals surface area contributed by atoms with Crippen molar-refractivity contribution in [1.82, 2.24) is 10.2 Å². The van der Waals surface area contributed by atoms with Crippen LogP contribution in [0.4, 0.5) is 13.2 Å². The molecule has 36 heavy (non-hydrogen) atoms. The number of benzene rings is 3. The third-order valence-electron chi connectivity index (χ3n) is 6.12. The van der Waals surface area contributed by atoms with Gasteiger partial charge in [-0.3, -0.25) is 0 Å². The maximum absolute atomic E-state index is 13.2. The van der Waals surface area contributed by atoms with Crippen LogP contribution >= 0.6 is 12.2 Å². The number of nitrogens with zero attached hydrogens (tertiary/aromatic N) is 1. The van der Waals surface area contributed by atoms with Gasteiger partial charge in [-0.25, -0.2) is 0 Å². The van der Waals surface area contributed by atoms with E-state index in [-0.39, 0.29) is 18.4 Å². The quantitative estimate of drug-likeness (QED) is 0.402. The molecule has 0 bridgehead atoms. The van der Waals surface area contributed by atoms with Gasteiger partial charge in [0.15, 0.2) is 16.6 Å². The zero-order valence-electron chi connectivity index (χ0n) is 20.0. The van der Waals surface area contributed by atoms with Crippen LogP contribution < -0.4 is 19.5 Å². The van der Waals surface area contributed by atoms with Gasteiger partial charge >= 0.3 is 6.18 Å². The van der Waals surface area contributed by atoms with E-state index in [2.05, 4.69) is 5.32 Å². The van der Waals surface area contributed by atoms with Gasteiger partial charge < -0.3 is 24.4 Å². The summed E-state index contributed by atoms with van der Waals surface area (Å²) in [6, 6.07) is 18.2. The molecule has 3 aromatic carbocycles. The fourth-order valence-electron chi connectivity index (χ4n) is 4.26. The van der Waals surface area contributed by atoms with Gasteiger partial charge in [0.25, 0.3) is 0 Å². The van der Waals surface area contributed by atoms with Gasteiger partial charge in [0.1, 0.15) is 12.4 Å². The second-order valence-corrected chi connectivity index (χ2v) is 8.73. The monoisotopic (exact) mass is 516 g/mol. The lowest BCUT2D eigenvalue weighted by Gasteiger charge is -2.39. The fraction of sp³-hybridized carbons (Fsp3) is 0.296. The first-order chi connectivity index (χ1) is 17.3. The highest BCUT2D eigenvalue weighted by Crippen LogP contribution is 2.39. The van der Waals surface area contributed by atoms with Crippen LogP contribution in [-0.2, 0) is 19.1 Å². The molecule has 0 aliphatic carbocycles. The lowest BCUT2D eigenvalue weighted by molar-refractivity contribution is -0.137. The normalized spacial score (nSPS) is 15.1. The lowest BCUT2D eigenvalue weighted by Crippen LogP contribution is -2.47. The van der Waals surface area contributed by atoms with Crippen LogP contribution in [-0.4, -0.2) is 37.4 Å². The molecule has 9 heteroatoms. The first-order valence-electron chi connectivity index (χ1n) is 11.4. The van der Waals surface area contributed by atoms with E-state index in [1.807, 2.05) is 47.4 Å². The summed E-state index contributed by atoms with van der Waals surface area (Å²) in [5.74, 6) is 1.32. The lowest BCUT2D eigenvalue weighted by atomic mass is 9.92. The largest absolute Gasteiger partial charge is 0.493 e. The summed E-state index contributed by atoms with van der Waals surface area (Å²) in [7, 11) is 3.14. The maximum Gasteiger partial charge on any atom is 0.416 e. The van der Waals surface area contributed by atoms with Crippen LogP contribution in [0.2, 0.25) is 0 Å². The number of nitrogens with one attached hydrogen (secondary N) is 1. The average molecular weight is 517 g/mol. The fourth-order valence-corrected chi connectivity index (χ4v) is 4.55. The molecule has 4 rings (SSSR count). The van der Waals surface area contributed by atoms with Crippen molar-refractivity contribution >= 4 is 17.3 Å². The molecule has 0 aromatic heterocycles. The highest BCUT2D eigenvalue weighted by Gasteiger charge is 2.33. The Kier molecular flexibility index (Phi) is 7.88. The molecule has 0 fully saturated rings. The number of fused-ring (bicyclic) bond motifs is 1. The maximum atomic E-state index is 13.2. The zero-order valence-corrected chi connectivity index (χ0v) is 20.8. The Bertz CT molecular complexity index is 1200. The summed E-state index contributed by atoms with van der Waals surface area (Å²) >= 11 is 5.74. The number of ether oxygens (including phenoxy) is 3. The minimum atomic E-state index is -4.45. The van der Waals surface area contributed by atoms with E-state index in [0.29, 0.717) is 36.1 Å². The number of alkyl halides is 3. The van der Waals surface area contributed by atoms with Crippen LogP contribution in [0.3, 0.4) is 0 Å². The molecule has 190 valence electrons. The Balaban J connectivity index is 1.60. The number of thiocarbonyl (C=S) groups is 1. The molecule has 1 unspecified atom stereocenters. The van der Waals surface area contributed by atoms with Gasteiger partial charge in [-0.05, 0) is 65.7 Å². The number of halogens is 3. The second kappa shape index (κ2) is 11.1. The Morgan fingerprint density at radius 2 is 1.72 bits per heavy atom. The first kappa shape index (κ1) is 25.6. The summed E-state index contributed by atoms with van der Waals surface area (Å²) in [6.45, 7) is 1.26. The Morgan fingerprint density at radius 1 is 1.00 bits per heavy atom. The summed E-state index contributed by atoms with van der Waals surface area (Å²) in [5.41, 5.74) is 2.30. The molecule has 1 aliphatic heterocycles. The number of hydrogen-bond acceptors (Lipinski definition) is 4. The van der Waals surface area contributed by atoms with Crippen molar-refractivity contribution in [2.75, 3.05) is 27.4 Å². The van der Waals surface area contributed by atoms with E-state index in [4.69, 9.17) is 26.4 Å². The molecular weight excluding hydrogens is 489 g/mol. The van der Waals surface area contributed by atoms with Crippen molar-refractivity contribution in [2.45, 2.75) is 25.2 Å². The van der Waals surface area contributed by atoms with Gasteiger partial charge in [-0.1, -0.05) is 36.4 Å². The topological polar surface area (TPSA) is 43.0 Å². The molecule has 1 heterocycles. The highest BCUT2D eigenvalue weighted by molar-refractivity contribution is 7.80. The standard InChI is InChI=1S/C27H27F3N2O3S/c1-33-24-13-19-11-12-32(26(36)31-16-18-7-4-3-5-8-18)23(22(19)15-25(24)34-2)17-35-21-10-6-9-20(14-21)27(28,29)30/h3-10,13-15,23H,11-12,16-17H2,1-2H3,(H,31,36). The Labute approximate surface area is 213 Å². The predicted molar refractivity (Wildman–Crippen MR) is 136 cm³/mol. The van der Waals surface area contributed by atoms with Gasteiger partial charge in [-0.15, -0.1) is 0 Å². The van der Waals surface area contributed by atoms with Crippen molar-refractivity contribution < 1.29 is 27.4 Å². The Hall–Kier alpha value is -3.46. The van der Waals surface area contributed by atoms with Gasteiger partial charge in [-0.2, -0.15) is 13.2 Å². The average Bonchev–Trinajstić information content (AvgIpc) is 2.89. The third-order valence-corrected chi connectivity index (χ3v) is 6.50. The van der Waals surface area contributed by atoms with Gasteiger partial charge in [0.2, 0.25) is 0 Å². The molecule has 5 nitrogen and oxygen atoms in total. The molecule has 1 atom stereocenters. The van der Waals surface area contributed by atoms with Crippen molar-refractivity contribution in [3.63, 3.8) is 0 Å². The highest BCUT2D eigenvalue weighted by atomic mass is 32.1. The van der Waals surface area contributed by atoms with Gasteiger partial charge in [0, 0.05) is 13.1 Å². The van der Waals surface area contributed by atoms with E-state index >= 15 is 0 Å². The van der Waals surface area contributed by atoms with Crippen molar-refractivity contribution in [3.8, 4) is 17.2 Å². The smallest absolute Gasteiger partial charge is 0.416 e. The van der Waals surface area contributed by atoms with Gasteiger partial charge in [0.05, 0.1) is 25.8 Å². The third kappa shape index (κ3) is 5.84. The number of rotatable bonds is 7. The van der Waals surface area contributed by atoms with Crippen molar-refractivity contribution in [1.29, 1.82) is 0 Å². The van der Waals surface area contributed by atoms with Crippen LogP contribution in [0.1, 0.15) is 28.3 Å². The van der Waals surface area contributed by atoms with Crippen LogP contribution in [0.25, 0.3) is 0 Å². The zero-order chi connectivity index (χ0) is 25.7. The van der Waals surface area contributed by atoms with E-state index in [0.717, 1.165) is 28.8 Å². The molecule has 0 radical (unpaired) electrons. The van der Waals surface area contributed by atoms with Crippen LogP contribution in [0.5, 0.6) is 17.2 Å². The van der Waals surface area contributed by atoms with E-state index < -0.39 is 11.7 Å².